The molecule has 0 unspecified atom stereocenters. The zero-order valence-electron chi connectivity index (χ0n) is 11.4. The molecule has 0 radical (unpaired) electrons. The number of benzene rings is 2. The van der Waals surface area contributed by atoms with Gasteiger partial charge in [0.2, 0.25) is 5.89 Å². The Morgan fingerprint density at radius 2 is 1.77 bits per heavy atom. The molecule has 0 saturated carbocycles. The summed E-state index contributed by atoms with van der Waals surface area (Å²) in [6.45, 7) is 0. The molecule has 6 heteroatoms. The average Bonchev–Trinajstić information content (AvgIpc) is 3.03. The van der Waals surface area contributed by atoms with Gasteiger partial charge in [0, 0.05) is 14.9 Å². The van der Waals surface area contributed by atoms with Crippen LogP contribution < -0.4 is 0 Å². The number of hydrogen-bond donors (Lipinski definition) is 0. The molecule has 0 N–H and O–H groups in total. The Labute approximate surface area is 145 Å². The maximum absolute atomic E-state index is 8.78. The van der Waals surface area contributed by atoms with Gasteiger partial charge >= 0.3 is 0 Å². The van der Waals surface area contributed by atoms with E-state index in [1.54, 1.807) is 12.1 Å². The maximum Gasteiger partial charge on any atom is 0.277 e. The number of nitrogens with zero attached hydrogens (tertiary/aromatic N) is 3. The molecule has 0 bridgehead atoms. The number of thioether (sulfide) groups is 1. The third-order valence-electron chi connectivity index (χ3n) is 2.94. The van der Waals surface area contributed by atoms with Crippen LogP contribution in [0.4, 0.5) is 0 Å². The summed E-state index contributed by atoms with van der Waals surface area (Å²) in [5, 5.41) is 17.4. The van der Waals surface area contributed by atoms with E-state index in [1.807, 2.05) is 36.4 Å². The summed E-state index contributed by atoms with van der Waals surface area (Å²) in [7, 11) is 0. The van der Waals surface area contributed by atoms with E-state index in [-0.39, 0.29) is 0 Å². The van der Waals surface area contributed by atoms with E-state index in [0.29, 0.717) is 16.7 Å². The summed E-state index contributed by atoms with van der Waals surface area (Å²) in [6.07, 6.45) is 0. The van der Waals surface area contributed by atoms with Gasteiger partial charge in [-0.3, -0.25) is 0 Å². The Kier molecular flexibility index (Phi) is 4.75. The largest absolute Gasteiger partial charge is 0.411 e. The van der Waals surface area contributed by atoms with E-state index in [2.05, 4.69) is 38.9 Å². The van der Waals surface area contributed by atoms with Gasteiger partial charge in [0.1, 0.15) is 0 Å². The first-order chi connectivity index (χ1) is 10.7. The fourth-order valence-electron chi connectivity index (χ4n) is 1.80. The Morgan fingerprint density at radius 3 is 2.45 bits per heavy atom. The highest BCUT2D eigenvalue weighted by Gasteiger charge is 2.09. The minimum Gasteiger partial charge on any atom is -0.411 e. The lowest BCUT2D eigenvalue weighted by atomic mass is 10.2. The van der Waals surface area contributed by atoms with E-state index in [1.165, 1.54) is 11.8 Å². The molecule has 1 heterocycles. The fraction of sp³-hybridized carbons (Fsp3) is 0.0625. The molecule has 3 aromatic rings. The standard InChI is InChI=1S/C16H10IN3OS/c17-14-7-5-13(6-8-14)15-19-20-16(21-15)22-10-12-3-1-11(9-18)2-4-12/h1-8H,10H2. The van der Waals surface area contributed by atoms with Crippen molar-refractivity contribution < 1.29 is 4.42 Å². The first kappa shape index (κ1) is 15.1. The number of aromatic nitrogens is 2. The van der Waals surface area contributed by atoms with Crippen LogP contribution in [0.1, 0.15) is 11.1 Å². The van der Waals surface area contributed by atoms with E-state index in [0.717, 1.165) is 20.4 Å². The van der Waals surface area contributed by atoms with Crippen molar-refractivity contribution in [2.45, 2.75) is 11.0 Å². The highest BCUT2D eigenvalue weighted by Crippen LogP contribution is 2.26. The summed E-state index contributed by atoms with van der Waals surface area (Å²) in [4.78, 5) is 0. The van der Waals surface area contributed by atoms with E-state index >= 15 is 0 Å². The SMILES string of the molecule is N#Cc1ccc(CSc2nnc(-c3ccc(I)cc3)o2)cc1. The van der Waals surface area contributed by atoms with Crippen molar-refractivity contribution in [3.8, 4) is 17.5 Å². The van der Waals surface area contributed by atoms with Crippen molar-refractivity contribution >= 4 is 34.4 Å². The number of halogens is 1. The van der Waals surface area contributed by atoms with Crippen LogP contribution in [0, 0.1) is 14.9 Å². The molecule has 22 heavy (non-hydrogen) atoms. The Hall–Kier alpha value is -1.85. The van der Waals surface area contributed by atoms with Crippen LogP contribution >= 0.6 is 34.4 Å². The minimum atomic E-state index is 0.527. The zero-order chi connectivity index (χ0) is 15.4. The lowest BCUT2D eigenvalue weighted by Gasteiger charge is -1.98. The van der Waals surface area contributed by atoms with E-state index in [9.17, 15) is 0 Å². The number of nitriles is 1. The Bertz CT molecular complexity index is 807. The van der Waals surface area contributed by atoms with Gasteiger partial charge < -0.3 is 4.42 Å². The maximum atomic E-state index is 8.78. The quantitative estimate of drug-likeness (QED) is 0.460. The summed E-state index contributed by atoms with van der Waals surface area (Å²) >= 11 is 3.74. The van der Waals surface area contributed by atoms with Gasteiger partial charge in [0.15, 0.2) is 0 Å². The van der Waals surface area contributed by atoms with Crippen molar-refractivity contribution in [3.05, 3.63) is 63.2 Å². The predicted octanol–water partition coefficient (Wildman–Crippen LogP) is 4.51. The molecule has 0 fully saturated rings. The molecule has 2 aromatic carbocycles. The molecule has 1 aromatic heterocycles. The van der Waals surface area contributed by atoms with Gasteiger partial charge in [-0.2, -0.15) is 5.26 Å². The van der Waals surface area contributed by atoms with Crippen LogP contribution in [-0.4, -0.2) is 10.2 Å². The Balaban J connectivity index is 1.66. The normalized spacial score (nSPS) is 10.4. The molecule has 0 aliphatic carbocycles. The van der Waals surface area contributed by atoms with Crippen molar-refractivity contribution in [1.29, 1.82) is 5.26 Å². The van der Waals surface area contributed by atoms with Gasteiger partial charge in [-0.25, -0.2) is 0 Å². The van der Waals surface area contributed by atoms with Gasteiger partial charge in [-0.15, -0.1) is 10.2 Å². The molecule has 3 rings (SSSR count). The van der Waals surface area contributed by atoms with Crippen molar-refractivity contribution in [2.24, 2.45) is 0 Å². The van der Waals surface area contributed by atoms with Gasteiger partial charge in [0.05, 0.1) is 11.6 Å². The molecule has 4 nitrogen and oxygen atoms in total. The van der Waals surface area contributed by atoms with Crippen LogP contribution in [-0.2, 0) is 5.75 Å². The van der Waals surface area contributed by atoms with E-state index < -0.39 is 0 Å². The topological polar surface area (TPSA) is 62.7 Å². The average molecular weight is 419 g/mol. The number of hydrogen-bond acceptors (Lipinski definition) is 5. The lowest BCUT2D eigenvalue weighted by molar-refractivity contribution is 0.466. The highest BCUT2D eigenvalue weighted by molar-refractivity contribution is 14.1. The van der Waals surface area contributed by atoms with Gasteiger partial charge in [-0.05, 0) is 64.6 Å². The van der Waals surface area contributed by atoms with Crippen molar-refractivity contribution in [3.63, 3.8) is 0 Å². The molecule has 0 spiro atoms. The van der Waals surface area contributed by atoms with E-state index in [4.69, 9.17) is 9.68 Å². The summed E-state index contributed by atoms with van der Waals surface area (Å²) in [6, 6.07) is 17.5. The van der Waals surface area contributed by atoms with Crippen LogP contribution in [0.5, 0.6) is 0 Å². The molecule has 0 aliphatic rings. The van der Waals surface area contributed by atoms with Gasteiger partial charge in [-0.1, -0.05) is 23.9 Å². The molecular weight excluding hydrogens is 409 g/mol. The monoisotopic (exact) mass is 419 g/mol. The fourth-order valence-corrected chi connectivity index (χ4v) is 2.88. The highest BCUT2D eigenvalue weighted by atomic mass is 127. The summed E-state index contributed by atoms with van der Waals surface area (Å²) in [5.74, 6) is 1.25. The lowest BCUT2D eigenvalue weighted by Crippen LogP contribution is -1.81. The summed E-state index contributed by atoms with van der Waals surface area (Å²) in [5.41, 5.74) is 2.68. The first-order valence-corrected chi connectivity index (χ1v) is 8.52. The van der Waals surface area contributed by atoms with Crippen LogP contribution in [0.3, 0.4) is 0 Å². The smallest absolute Gasteiger partial charge is 0.277 e. The zero-order valence-corrected chi connectivity index (χ0v) is 14.3. The predicted molar refractivity (Wildman–Crippen MR) is 93.2 cm³/mol. The Morgan fingerprint density at radius 1 is 1.05 bits per heavy atom. The molecule has 0 atom stereocenters. The molecule has 0 aliphatic heterocycles. The number of rotatable bonds is 4. The molecule has 0 amide bonds. The molecular formula is C16H10IN3OS. The molecule has 108 valence electrons. The van der Waals surface area contributed by atoms with Crippen LogP contribution in [0.2, 0.25) is 0 Å². The third kappa shape index (κ3) is 3.67. The molecule has 0 saturated heterocycles. The minimum absolute atomic E-state index is 0.527. The van der Waals surface area contributed by atoms with Crippen LogP contribution in [0.15, 0.2) is 58.2 Å². The first-order valence-electron chi connectivity index (χ1n) is 6.46. The van der Waals surface area contributed by atoms with Crippen molar-refractivity contribution in [1.82, 2.24) is 10.2 Å². The van der Waals surface area contributed by atoms with Gasteiger partial charge in [0.25, 0.3) is 5.22 Å². The van der Waals surface area contributed by atoms with Crippen LogP contribution in [0.25, 0.3) is 11.5 Å². The summed E-state index contributed by atoms with van der Waals surface area (Å²) < 4.78 is 6.83. The second-order valence-corrected chi connectivity index (χ2v) is 6.65. The van der Waals surface area contributed by atoms with Crippen molar-refractivity contribution in [2.75, 3.05) is 0 Å². The second-order valence-electron chi connectivity index (χ2n) is 4.48. The second kappa shape index (κ2) is 6.94. The third-order valence-corrected chi connectivity index (χ3v) is 4.55.